The van der Waals surface area contributed by atoms with Crippen molar-refractivity contribution in [2.24, 2.45) is 4.40 Å². The highest BCUT2D eigenvalue weighted by Crippen LogP contribution is 2.19. The number of esters is 1. The van der Waals surface area contributed by atoms with E-state index < -0.39 is 16.2 Å². The number of aromatic nitrogens is 2. The van der Waals surface area contributed by atoms with E-state index in [1.807, 2.05) is 0 Å². The summed E-state index contributed by atoms with van der Waals surface area (Å²) in [4.78, 5) is 16.1. The van der Waals surface area contributed by atoms with Crippen molar-refractivity contribution in [3.63, 3.8) is 0 Å². The molecule has 1 aliphatic heterocycles. The Morgan fingerprint density at radius 3 is 2.63 bits per heavy atom. The number of nitrogens with zero attached hydrogens (tertiary/aromatic N) is 3. The summed E-state index contributed by atoms with van der Waals surface area (Å²) in [5.74, 6) is -0.682. The van der Waals surface area contributed by atoms with E-state index in [0.29, 0.717) is 16.8 Å². The zero-order chi connectivity index (χ0) is 19.6. The van der Waals surface area contributed by atoms with Crippen molar-refractivity contribution in [3.05, 3.63) is 47.2 Å². The van der Waals surface area contributed by atoms with Crippen LogP contribution in [0.25, 0.3) is 11.4 Å². The molecule has 0 spiro atoms. The molecule has 9 nitrogen and oxygen atoms in total. The van der Waals surface area contributed by atoms with Gasteiger partial charge >= 0.3 is 16.2 Å². The molecule has 1 aliphatic rings. The Morgan fingerprint density at radius 2 is 1.96 bits per heavy atom. The van der Waals surface area contributed by atoms with Crippen LogP contribution in [-0.2, 0) is 26.3 Å². The SMILES string of the molecule is CC1=NS(=O)(=O)NC(C)=C1CC(=O)OCc1nc(-c2ccc(F)cc2)no1. The molecule has 0 unspecified atom stereocenters. The van der Waals surface area contributed by atoms with Crippen molar-refractivity contribution in [1.29, 1.82) is 0 Å². The normalized spacial score (nSPS) is 15.9. The molecule has 0 saturated carbocycles. The molecule has 0 atom stereocenters. The molecule has 27 heavy (non-hydrogen) atoms. The molecular weight excluding hydrogens is 379 g/mol. The molecule has 0 aliphatic carbocycles. The first-order valence-electron chi connectivity index (χ1n) is 7.77. The number of rotatable bonds is 5. The summed E-state index contributed by atoms with van der Waals surface area (Å²) >= 11 is 0. The van der Waals surface area contributed by atoms with Crippen molar-refractivity contribution < 1.29 is 26.9 Å². The van der Waals surface area contributed by atoms with Crippen molar-refractivity contribution in [3.8, 4) is 11.4 Å². The molecule has 11 heteroatoms. The van der Waals surface area contributed by atoms with Crippen LogP contribution in [0.4, 0.5) is 4.39 Å². The number of nitrogens with one attached hydrogen (secondary N) is 1. The number of carbonyl (C=O) groups is 1. The molecular formula is C16H15FN4O5S. The van der Waals surface area contributed by atoms with Gasteiger partial charge in [0.1, 0.15) is 5.82 Å². The molecule has 0 amide bonds. The fourth-order valence-corrected chi connectivity index (χ4v) is 3.44. The van der Waals surface area contributed by atoms with Gasteiger partial charge in [0, 0.05) is 16.8 Å². The topological polar surface area (TPSA) is 124 Å². The smallest absolute Gasteiger partial charge is 0.342 e. The van der Waals surface area contributed by atoms with Crippen molar-refractivity contribution in [2.45, 2.75) is 26.9 Å². The fourth-order valence-electron chi connectivity index (χ4n) is 2.41. The highest BCUT2D eigenvalue weighted by molar-refractivity contribution is 7.88. The standard InChI is InChI=1S/C16H15FN4O5S/c1-9-13(10(2)21-27(23,24)20-9)7-15(22)25-8-14-18-16(19-26-14)11-3-5-12(17)6-4-11/h3-6,20H,7-8H2,1-2H3. The number of ether oxygens (including phenoxy) is 1. The molecule has 1 N–H and O–H groups in total. The minimum atomic E-state index is -3.76. The molecule has 142 valence electrons. The Hall–Kier alpha value is -3.08. The number of benzene rings is 1. The van der Waals surface area contributed by atoms with Gasteiger partial charge < -0.3 is 9.26 Å². The number of carbonyl (C=O) groups excluding carboxylic acids is 1. The van der Waals surface area contributed by atoms with Gasteiger partial charge in [-0.25, -0.2) is 4.39 Å². The Labute approximate surface area is 154 Å². The molecule has 2 aromatic rings. The van der Waals surface area contributed by atoms with E-state index in [1.54, 1.807) is 0 Å². The first kappa shape index (κ1) is 18.7. The largest absolute Gasteiger partial charge is 0.455 e. The van der Waals surface area contributed by atoms with Crippen LogP contribution in [-0.4, -0.2) is 30.2 Å². The molecule has 1 aromatic carbocycles. The molecule has 0 fully saturated rings. The number of hydrogen-bond donors (Lipinski definition) is 1. The van der Waals surface area contributed by atoms with Crippen LogP contribution in [0, 0.1) is 5.82 Å². The predicted molar refractivity (Wildman–Crippen MR) is 92.0 cm³/mol. The van der Waals surface area contributed by atoms with Gasteiger partial charge in [-0.3, -0.25) is 9.52 Å². The van der Waals surface area contributed by atoms with Gasteiger partial charge in [0.25, 0.3) is 5.89 Å². The number of halogens is 1. The average Bonchev–Trinajstić information content (AvgIpc) is 3.05. The summed E-state index contributed by atoms with van der Waals surface area (Å²) in [5, 5.41) is 3.74. The van der Waals surface area contributed by atoms with Crippen LogP contribution in [0.5, 0.6) is 0 Å². The highest BCUT2D eigenvalue weighted by Gasteiger charge is 2.23. The van der Waals surface area contributed by atoms with Gasteiger partial charge in [-0.1, -0.05) is 5.16 Å². The van der Waals surface area contributed by atoms with Gasteiger partial charge in [-0.2, -0.15) is 13.4 Å². The van der Waals surface area contributed by atoms with Crippen LogP contribution in [0.2, 0.25) is 0 Å². The minimum Gasteiger partial charge on any atom is -0.455 e. The van der Waals surface area contributed by atoms with Crippen molar-refractivity contribution in [2.75, 3.05) is 0 Å². The Bertz CT molecular complexity index is 1040. The maximum absolute atomic E-state index is 12.9. The van der Waals surface area contributed by atoms with Gasteiger partial charge in [-0.15, -0.1) is 4.40 Å². The molecule has 1 aromatic heterocycles. The van der Waals surface area contributed by atoms with Gasteiger partial charge in [0.15, 0.2) is 6.61 Å². The maximum Gasteiger partial charge on any atom is 0.342 e. The molecule has 0 saturated heterocycles. The van der Waals surface area contributed by atoms with Gasteiger partial charge in [0.05, 0.1) is 12.1 Å². The third kappa shape index (κ3) is 4.56. The van der Waals surface area contributed by atoms with Crippen LogP contribution < -0.4 is 4.72 Å². The minimum absolute atomic E-state index is 0.0723. The van der Waals surface area contributed by atoms with E-state index in [0.717, 1.165) is 0 Å². The lowest BCUT2D eigenvalue weighted by atomic mass is 10.1. The van der Waals surface area contributed by atoms with Crippen LogP contribution in [0.1, 0.15) is 26.2 Å². The second-order valence-electron chi connectivity index (χ2n) is 5.71. The van der Waals surface area contributed by atoms with Crippen LogP contribution in [0.3, 0.4) is 0 Å². The highest BCUT2D eigenvalue weighted by atomic mass is 32.2. The molecule has 0 radical (unpaired) electrons. The average molecular weight is 394 g/mol. The van der Waals surface area contributed by atoms with E-state index in [2.05, 4.69) is 19.3 Å². The van der Waals surface area contributed by atoms with Gasteiger partial charge in [-0.05, 0) is 38.1 Å². The Kier molecular flexibility index (Phi) is 5.04. The van der Waals surface area contributed by atoms with Crippen molar-refractivity contribution in [1.82, 2.24) is 14.9 Å². The first-order valence-corrected chi connectivity index (χ1v) is 9.21. The van der Waals surface area contributed by atoms with Gasteiger partial charge in [0.2, 0.25) is 5.82 Å². The summed E-state index contributed by atoms with van der Waals surface area (Å²) in [6.07, 6.45) is -0.164. The number of hydrogen-bond acceptors (Lipinski definition) is 7. The fraction of sp³-hybridized carbons (Fsp3) is 0.250. The van der Waals surface area contributed by atoms with Crippen LogP contribution in [0.15, 0.2) is 44.5 Å². The number of allylic oxidation sites excluding steroid dienone is 1. The predicted octanol–water partition coefficient (Wildman–Crippen LogP) is 1.89. The second-order valence-corrected chi connectivity index (χ2v) is 7.05. The monoisotopic (exact) mass is 394 g/mol. The lowest BCUT2D eigenvalue weighted by molar-refractivity contribution is -0.144. The summed E-state index contributed by atoms with van der Waals surface area (Å²) in [6.45, 7) is 2.78. The Balaban J connectivity index is 1.60. The molecule has 2 heterocycles. The summed E-state index contributed by atoms with van der Waals surface area (Å²) < 4.78 is 51.7. The zero-order valence-corrected chi connectivity index (χ0v) is 15.2. The molecule has 0 bridgehead atoms. The van der Waals surface area contributed by atoms with E-state index >= 15 is 0 Å². The van der Waals surface area contributed by atoms with E-state index in [9.17, 15) is 17.6 Å². The summed E-state index contributed by atoms with van der Waals surface area (Å²) in [7, 11) is -3.76. The lowest BCUT2D eigenvalue weighted by Gasteiger charge is -2.17. The second kappa shape index (κ2) is 7.27. The lowest BCUT2D eigenvalue weighted by Crippen LogP contribution is -2.28. The molecule has 3 rings (SSSR count). The Morgan fingerprint density at radius 1 is 1.26 bits per heavy atom. The maximum atomic E-state index is 12.9. The third-order valence-corrected chi connectivity index (χ3v) is 4.76. The third-order valence-electron chi connectivity index (χ3n) is 3.68. The quantitative estimate of drug-likeness (QED) is 0.768. The summed E-state index contributed by atoms with van der Waals surface area (Å²) in [6, 6.07) is 5.53. The zero-order valence-electron chi connectivity index (χ0n) is 14.4. The summed E-state index contributed by atoms with van der Waals surface area (Å²) in [5.41, 5.74) is 1.53. The van der Waals surface area contributed by atoms with E-state index in [1.165, 1.54) is 38.1 Å². The van der Waals surface area contributed by atoms with Crippen molar-refractivity contribution >= 4 is 21.9 Å². The van der Waals surface area contributed by atoms with E-state index in [-0.39, 0.29) is 36.3 Å². The van der Waals surface area contributed by atoms with E-state index in [4.69, 9.17) is 9.26 Å². The van der Waals surface area contributed by atoms with Crippen LogP contribution >= 0.6 is 0 Å². The first-order chi connectivity index (χ1) is 12.7.